The fraction of sp³-hybridized carbons (Fsp3) is 0.370. The first-order valence-electron chi connectivity index (χ1n) is 12.2. The summed E-state index contributed by atoms with van der Waals surface area (Å²) in [6.45, 7) is 4.41. The maximum absolute atomic E-state index is 14.5. The lowest BCUT2D eigenvalue weighted by Gasteiger charge is -2.37. The molecule has 0 saturated heterocycles. The molecule has 0 radical (unpaired) electrons. The summed E-state index contributed by atoms with van der Waals surface area (Å²) >= 11 is 0. The van der Waals surface area contributed by atoms with Crippen molar-refractivity contribution in [3.05, 3.63) is 76.9 Å². The smallest absolute Gasteiger partial charge is 0.199 e. The van der Waals surface area contributed by atoms with E-state index in [2.05, 4.69) is 39.2 Å². The van der Waals surface area contributed by atoms with Crippen molar-refractivity contribution in [2.75, 3.05) is 0 Å². The van der Waals surface area contributed by atoms with Gasteiger partial charge >= 0.3 is 0 Å². The van der Waals surface area contributed by atoms with Gasteiger partial charge in [0.05, 0.1) is 28.1 Å². The first kappa shape index (κ1) is 21.7. The van der Waals surface area contributed by atoms with Gasteiger partial charge in [0.25, 0.3) is 0 Å². The van der Waals surface area contributed by atoms with Gasteiger partial charge in [0.2, 0.25) is 0 Å². The summed E-state index contributed by atoms with van der Waals surface area (Å²) in [5.41, 5.74) is 1.65. The number of hydrogen-bond donors (Lipinski definition) is 2. The molecule has 7 nitrogen and oxygen atoms in total. The van der Waals surface area contributed by atoms with E-state index in [0.717, 1.165) is 29.8 Å². The van der Waals surface area contributed by atoms with Gasteiger partial charge in [-0.2, -0.15) is 10.2 Å². The van der Waals surface area contributed by atoms with E-state index in [1.807, 2.05) is 18.2 Å². The zero-order chi connectivity index (χ0) is 24.9. The molecule has 36 heavy (non-hydrogen) atoms. The SMILES string of the molecule is CC1(C)[C@H]2CC[C@]1(c1cccc(-c3n[nH]c(C4(O)CC4)n3)n1)c1nnc(-c3c(F)cccc3F)cc12. The Kier molecular flexibility index (Phi) is 4.22. The van der Waals surface area contributed by atoms with E-state index in [-0.39, 0.29) is 22.6 Å². The molecule has 2 fully saturated rings. The molecule has 9 heteroatoms. The van der Waals surface area contributed by atoms with Crippen LogP contribution in [0.25, 0.3) is 22.8 Å². The molecule has 3 aliphatic rings. The Morgan fingerprint density at radius 3 is 2.44 bits per heavy atom. The van der Waals surface area contributed by atoms with Crippen LogP contribution in [-0.2, 0) is 11.0 Å². The van der Waals surface area contributed by atoms with Crippen LogP contribution in [0, 0.1) is 17.0 Å². The molecule has 0 aliphatic heterocycles. The summed E-state index contributed by atoms with van der Waals surface area (Å²) in [6.07, 6.45) is 3.09. The largest absolute Gasteiger partial charge is 0.382 e. The van der Waals surface area contributed by atoms with Gasteiger partial charge in [-0.15, -0.1) is 5.10 Å². The third-order valence-electron chi connectivity index (χ3n) is 8.67. The van der Waals surface area contributed by atoms with Crippen LogP contribution in [0.5, 0.6) is 0 Å². The van der Waals surface area contributed by atoms with E-state index in [9.17, 15) is 13.9 Å². The number of halogens is 2. The highest BCUT2D eigenvalue weighted by molar-refractivity contribution is 5.64. The van der Waals surface area contributed by atoms with Gasteiger partial charge in [-0.3, -0.25) is 5.10 Å². The molecule has 0 spiro atoms. The number of nitrogens with one attached hydrogen (secondary N) is 1. The summed E-state index contributed by atoms with van der Waals surface area (Å²) in [4.78, 5) is 9.50. The molecule has 2 N–H and O–H groups in total. The minimum absolute atomic E-state index is 0.153. The quantitative estimate of drug-likeness (QED) is 0.430. The number of aliphatic hydroxyl groups is 1. The zero-order valence-electron chi connectivity index (χ0n) is 19.9. The topological polar surface area (TPSA) is 100 Å². The molecule has 2 atom stereocenters. The highest BCUT2D eigenvalue weighted by Crippen LogP contribution is 2.69. The van der Waals surface area contributed by atoms with Crippen molar-refractivity contribution in [1.82, 2.24) is 30.4 Å². The number of fused-ring (bicyclic) bond motifs is 5. The summed E-state index contributed by atoms with van der Waals surface area (Å²) in [5.74, 6) is -0.254. The summed E-state index contributed by atoms with van der Waals surface area (Å²) in [6, 6.07) is 11.4. The standard InChI is InChI=1S/C27H24F2N6O/c1-25(2)15-9-10-27(25,22-14(15)13-19(32-33-22)21-16(28)5-3-6-17(21)29)20-8-4-7-18(30-20)23-31-24(35-34-23)26(36)11-12-26/h3-8,13,15,36H,9-12H2,1-2H3,(H,31,34,35)/t15-,27-/m0/s1. The number of nitrogens with zero attached hydrogens (tertiary/aromatic N) is 5. The van der Waals surface area contributed by atoms with E-state index in [0.29, 0.717) is 30.2 Å². The molecule has 7 rings (SSSR count). The van der Waals surface area contributed by atoms with E-state index >= 15 is 0 Å². The highest BCUT2D eigenvalue weighted by Gasteiger charge is 2.65. The van der Waals surface area contributed by atoms with Crippen molar-refractivity contribution < 1.29 is 13.9 Å². The molecular weight excluding hydrogens is 462 g/mol. The molecular formula is C27H24F2N6O. The van der Waals surface area contributed by atoms with Crippen molar-refractivity contribution in [2.24, 2.45) is 5.41 Å². The average molecular weight is 487 g/mol. The first-order valence-corrected chi connectivity index (χ1v) is 12.2. The molecule has 1 aromatic carbocycles. The molecule has 3 aliphatic carbocycles. The summed E-state index contributed by atoms with van der Waals surface area (Å²) < 4.78 is 29.0. The van der Waals surface area contributed by atoms with E-state index in [1.54, 1.807) is 6.07 Å². The molecule has 0 amide bonds. The summed E-state index contributed by atoms with van der Waals surface area (Å²) in [7, 11) is 0. The van der Waals surface area contributed by atoms with Gasteiger partial charge in [-0.25, -0.2) is 18.7 Å². The van der Waals surface area contributed by atoms with Crippen molar-refractivity contribution in [3.63, 3.8) is 0 Å². The Labute approximate surface area is 206 Å². The van der Waals surface area contributed by atoms with E-state index < -0.39 is 22.7 Å². The van der Waals surface area contributed by atoms with Crippen LogP contribution in [0.1, 0.15) is 68.2 Å². The second kappa shape index (κ2) is 7.00. The van der Waals surface area contributed by atoms with Crippen molar-refractivity contribution in [3.8, 4) is 22.8 Å². The van der Waals surface area contributed by atoms with Crippen LogP contribution in [0.15, 0.2) is 42.5 Å². The molecule has 3 aromatic heterocycles. The molecule has 2 saturated carbocycles. The molecule has 182 valence electrons. The lowest BCUT2D eigenvalue weighted by Crippen LogP contribution is -2.37. The van der Waals surface area contributed by atoms with Crippen LogP contribution in [-0.4, -0.2) is 35.5 Å². The van der Waals surface area contributed by atoms with Gasteiger partial charge < -0.3 is 5.11 Å². The number of H-pyrrole nitrogens is 1. The third kappa shape index (κ3) is 2.72. The Hall–Kier alpha value is -3.59. The number of rotatable bonds is 4. The maximum Gasteiger partial charge on any atom is 0.199 e. The summed E-state index contributed by atoms with van der Waals surface area (Å²) in [5, 5.41) is 26.4. The van der Waals surface area contributed by atoms with E-state index in [1.165, 1.54) is 18.2 Å². The third-order valence-corrected chi connectivity index (χ3v) is 8.67. The fourth-order valence-electron chi connectivity index (χ4n) is 6.49. The van der Waals surface area contributed by atoms with Gasteiger partial charge in [0.15, 0.2) is 11.6 Å². The monoisotopic (exact) mass is 486 g/mol. The predicted octanol–water partition coefficient (Wildman–Crippen LogP) is 4.79. The molecule has 2 bridgehead atoms. The van der Waals surface area contributed by atoms with Gasteiger partial charge in [0.1, 0.15) is 22.9 Å². The second-order valence-electron chi connectivity index (χ2n) is 10.8. The van der Waals surface area contributed by atoms with Crippen molar-refractivity contribution in [1.29, 1.82) is 0 Å². The zero-order valence-corrected chi connectivity index (χ0v) is 19.9. The number of pyridine rings is 1. The Morgan fingerprint density at radius 2 is 1.69 bits per heavy atom. The van der Waals surface area contributed by atoms with Crippen molar-refractivity contribution >= 4 is 0 Å². The van der Waals surface area contributed by atoms with Gasteiger partial charge in [-0.05, 0) is 72.9 Å². The number of aromatic nitrogens is 6. The molecule has 4 aromatic rings. The predicted molar refractivity (Wildman–Crippen MR) is 127 cm³/mol. The van der Waals surface area contributed by atoms with Gasteiger partial charge in [-0.1, -0.05) is 26.0 Å². The maximum atomic E-state index is 14.5. The van der Waals surface area contributed by atoms with Crippen LogP contribution in [0.4, 0.5) is 8.78 Å². The first-order chi connectivity index (χ1) is 17.2. The lowest BCUT2D eigenvalue weighted by atomic mass is 9.66. The minimum atomic E-state index is -0.905. The normalized spacial score (nSPS) is 24.6. The average Bonchev–Trinajstić information content (AvgIpc) is 3.24. The van der Waals surface area contributed by atoms with Crippen LogP contribution in [0.2, 0.25) is 0 Å². The Morgan fingerprint density at radius 1 is 0.944 bits per heavy atom. The molecule has 0 unspecified atom stereocenters. The highest BCUT2D eigenvalue weighted by atomic mass is 19.1. The lowest BCUT2D eigenvalue weighted by molar-refractivity contribution is 0.141. The van der Waals surface area contributed by atoms with Crippen LogP contribution >= 0.6 is 0 Å². The Bertz CT molecular complexity index is 1520. The Balaban J connectivity index is 1.35. The number of aromatic amines is 1. The van der Waals surface area contributed by atoms with Gasteiger partial charge in [0, 0.05) is 0 Å². The van der Waals surface area contributed by atoms with Crippen LogP contribution < -0.4 is 0 Å². The fourth-order valence-corrected chi connectivity index (χ4v) is 6.49. The minimum Gasteiger partial charge on any atom is -0.382 e. The molecule has 3 heterocycles. The second-order valence-corrected chi connectivity index (χ2v) is 10.8. The number of benzene rings is 1. The van der Waals surface area contributed by atoms with Crippen LogP contribution in [0.3, 0.4) is 0 Å². The number of hydrogen-bond acceptors (Lipinski definition) is 6. The van der Waals surface area contributed by atoms with E-state index in [4.69, 9.17) is 4.98 Å². The van der Waals surface area contributed by atoms with Crippen molar-refractivity contribution in [2.45, 2.75) is 56.5 Å².